The van der Waals surface area contributed by atoms with Gasteiger partial charge in [0.25, 0.3) is 0 Å². The predicted octanol–water partition coefficient (Wildman–Crippen LogP) is 20.9. The molecule has 12 heteroatoms. The van der Waals surface area contributed by atoms with E-state index in [4.69, 9.17) is 9.60 Å². The Morgan fingerprint density at radius 3 is 1.60 bits per heavy atom. The van der Waals surface area contributed by atoms with Crippen molar-refractivity contribution in [3.8, 4) is 89.9 Å². The molecule has 0 aliphatic carbocycles. The zero-order valence-electron chi connectivity index (χ0n) is 65.9. The third-order valence-corrected chi connectivity index (χ3v) is 16.8. The second kappa shape index (κ2) is 41.3. The van der Waals surface area contributed by atoms with Crippen molar-refractivity contribution >= 4 is 11.4 Å². The van der Waals surface area contributed by atoms with E-state index in [2.05, 4.69) is 216 Å². The first kappa shape index (κ1) is 69.4. The van der Waals surface area contributed by atoms with Gasteiger partial charge in [-0.15, -0.1) is 156 Å². The molecule has 0 N–H and O–H groups in total. The van der Waals surface area contributed by atoms with Gasteiger partial charge >= 0.3 is 25.9 Å². The molecular weight excluding hydrogens is 1860 g/mol. The first-order valence-electron chi connectivity index (χ1n) is 37.7. The minimum Gasteiger partial charge on any atom is -0.500 e. The molecule has 0 saturated heterocycles. The Labute approximate surface area is 685 Å². The smallest absolute Gasteiger partial charge is 0.500 e. The Morgan fingerprint density at radius 1 is 0.398 bits per heavy atom. The normalized spacial score (nSPS) is 11.9. The number of aryl methyl sites for hydroxylation is 2. The molecule has 16 aromatic rings. The summed E-state index contributed by atoms with van der Waals surface area (Å²) >= 11 is 0. The van der Waals surface area contributed by atoms with E-state index in [1.165, 1.54) is 55.8 Å². The largest absolute Gasteiger partial charge is 3.00 e. The van der Waals surface area contributed by atoms with Crippen LogP contribution in [0, 0.1) is 50.8 Å². The van der Waals surface area contributed by atoms with Crippen molar-refractivity contribution in [2.45, 2.75) is 26.9 Å². The van der Waals surface area contributed by atoms with Crippen LogP contribution in [0.5, 0.6) is 0 Å². The summed E-state index contributed by atoms with van der Waals surface area (Å²) < 4.78 is 57.3. The van der Waals surface area contributed by atoms with Gasteiger partial charge in [0, 0.05) is 115 Å². The van der Waals surface area contributed by atoms with Gasteiger partial charge in [0.05, 0.1) is 21.4 Å². The molecule has 0 bridgehead atoms. The van der Waals surface area contributed by atoms with Crippen molar-refractivity contribution in [3.63, 3.8) is 0 Å². The summed E-state index contributed by atoms with van der Waals surface area (Å²) in [4.78, 5) is 25.5. The number of hydrogen-bond donors (Lipinski definition) is 0. The van der Waals surface area contributed by atoms with Crippen molar-refractivity contribution in [1.29, 1.82) is 0 Å². The maximum absolute atomic E-state index is 7.74. The summed E-state index contributed by atoms with van der Waals surface area (Å²) in [6.45, 7) is 8.14. The third-order valence-electron chi connectivity index (χ3n) is 16.8. The Bertz CT molecular complexity index is 5610. The molecule has 108 heavy (non-hydrogen) atoms. The van der Waals surface area contributed by atoms with Crippen LogP contribution in [0.2, 0.25) is 0 Å². The first-order chi connectivity index (χ1) is 54.8. The molecule has 3 aliphatic rings. The van der Waals surface area contributed by atoms with Crippen molar-refractivity contribution in [2.75, 3.05) is 9.80 Å². The van der Waals surface area contributed by atoms with Crippen LogP contribution in [0.4, 0.5) is 11.4 Å². The fourth-order valence-corrected chi connectivity index (χ4v) is 11.6. The fourth-order valence-electron chi connectivity index (χ4n) is 11.6. The van der Waals surface area contributed by atoms with Crippen LogP contribution in [0.15, 0.2) is 389 Å². The topological polar surface area (TPSA) is 78.7 Å². The summed E-state index contributed by atoms with van der Waals surface area (Å²) in [6.07, 6.45) is 14.9. The number of rotatable bonds is 8. The zero-order chi connectivity index (χ0) is 77.6. The number of fused-ring (bicyclic) bond motifs is 6. The van der Waals surface area contributed by atoms with Gasteiger partial charge in [-0.05, 0) is 121 Å². The van der Waals surface area contributed by atoms with Crippen LogP contribution in [0.1, 0.15) is 32.0 Å². The maximum Gasteiger partial charge on any atom is 3.00 e. The van der Waals surface area contributed by atoms with Gasteiger partial charge in [-0.2, -0.15) is 34.9 Å². The molecule has 9 nitrogen and oxygen atoms in total. The van der Waals surface area contributed by atoms with E-state index >= 15 is 0 Å². The van der Waals surface area contributed by atoms with Gasteiger partial charge < -0.3 is 29.7 Å². The molecule has 19 rings (SSSR count). The summed E-state index contributed by atoms with van der Waals surface area (Å²) in [6, 6.07) is 113. The Balaban J connectivity index is 0.000000142. The molecule has 3 aliphatic heterocycles. The van der Waals surface area contributed by atoms with Crippen LogP contribution in [-0.4, -0.2) is 24.9 Å². The summed E-state index contributed by atoms with van der Waals surface area (Å²) in [7, 11) is 0. The quantitative estimate of drug-likeness (QED) is 0.111. The summed E-state index contributed by atoms with van der Waals surface area (Å²) in [5.41, 5.74) is 22.1. The number of pyridine rings is 5. The summed E-state index contributed by atoms with van der Waals surface area (Å²) in [5, 5.41) is 0. The molecule has 2 radical (unpaired) electrons. The van der Waals surface area contributed by atoms with Gasteiger partial charge in [0.1, 0.15) is 6.54 Å². The van der Waals surface area contributed by atoms with E-state index < -0.39 is 12.1 Å². The average Bonchev–Trinajstić information content (AvgIpc) is 1.78. The number of benzene rings is 10. The Morgan fingerprint density at radius 2 is 0.963 bits per heavy atom. The zero-order valence-corrected chi connectivity index (χ0v) is 66.1. The monoisotopic (exact) mass is 1940 g/mol. The van der Waals surface area contributed by atoms with Gasteiger partial charge in [-0.3, -0.25) is 0 Å². The van der Waals surface area contributed by atoms with Gasteiger partial charge in [-0.25, -0.2) is 4.57 Å². The van der Waals surface area contributed by atoms with Crippen LogP contribution in [0.3, 0.4) is 0 Å². The Kier molecular flexibility index (Phi) is 26.5. The Hall–Kier alpha value is -11.7. The number of para-hydroxylation sites is 2. The molecule has 0 spiro atoms. The minimum absolute atomic E-state index is 0. The fraction of sp³-hybridized carbons (Fsp3) is 0.0417. The van der Waals surface area contributed by atoms with Crippen LogP contribution in [-0.2, 0) is 73.4 Å². The molecule has 0 saturated carbocycles. The van der Waals surface area contributed by atoms with E-state index in [0.29, 0.717) is 0 Å². The molecule has 532 valence electrons. The standard InChI is InChI=1S/2C18H14N.C15H12N2.C12H11N2.3C11H8N.3Ir/c1-2-6-14(7-3-1)15-9-10-16-13-19-11-5-4-8-18(19)17(16)12-15;1-14-12-18(16-10-6-3-7-11-16)19-13-17(14)15-8-4-2-5-9-15;1-3-7-14(8-4-1)16-11-12-17(13-16)15-9-5-2-6-10-15;1-9-6-7-14-8-10-4-2-3-5-11(10)12(14)13-9;3*1-2-6-10(7-3-1)11-8-4-5-9-12-11;;;/h1-12H,13H2;2-10,12-13H,1H3;1-9,11-13H;2-7H,8H2,1H3;3*1-6,8-9H;;;/q+1;-1;-2;+1;3*-1;;;+3/i;;;;1D,2D,3D,4D,5D,6D,8D;;;;;. The van der Waals surface area contributed by atoms with Gasteiger partial charge in [-0.1, -0.05) is 152 Å². The number of hydrogen-bond acceptors (Lipinski definition) is 7. The predicted molar refractivity (Wildman–Crippen MR) is 425 cm³/mol. The van der Waals surface area contributed by atoms with Crippen molar-refractivity contribution in [1.82, 2.24) is 24.9 Å². The molecule has 0 unspecified atom stereocenters. The van der Waals surface area contributed by atoms with E-state index in [1.54, 1.807) is 12.4 Å². The first-order valence-corrected chi connectivity index (χ1v) is 34.2. The van der Waals surface area contributed by atoms with Crippen molar-refractivity contribution in [3.05, 3.63) is 449 Å². The minimum atomic E-state index is -0.443. The van der Waals surface area contributed by atoms with Crippen molar-refractivity contribution < 1.29 is 79.0 Å². The summed E-state index contributed by atoms with van der Waals surface area (Å²) in [5.74, 6) is 1.10. The molecule has 0 atom stereocenters. The number of aromatic nitrogens is 7. The van der Waals surface area contributed by atoms with Gasteiger partial charge in [0.15, 0.2) is 18.4 Å². The SMILES string of the molecule is Cc1cc(-c2[c-]cccc2)ncc1-c1ccccc1.Cc1cc[n+]2c(n1)-c1ccccc1C2.[2H]c1[c-]c(-c2ncc([2H])c([2H])c2[2H])c([2H])c([2H])c1[2H].[Ir+3].[Ir].[Ir].[c-]1ccccc1-c1ccccn1.[c-]1ccccc1-c1ccccn1.[c-]1ccccc1N1C=CN(c2ccccc2)[CH-]1.c1ccc(-c2ccc3c(c2)-c2cccc[n+]2C3)cc1. The van der Waals surface area contributed by atoms with E-state index in [1.807, 2.05) is 207 Å². The van der Waals surface area contributed by atoms with E-state index in [-0.39, 0.29) is 102 Å². The maximum atomic E-state index is 7.74. The molecule has 6 aromatic heterocycles. The molecule has 0 amide bonds. The molecule has 0 fully saturated rings. The molecule has 10 aromatic carbocycles. The van der Waals surface area contributed by atoms with Crippen molar-refractivity contribution in [2.24, 2.45) is 0 Å². The van der Waals surface area contributed by atoms with Gasteiger partial charge in [0.2, 0.25) is 5.69 Å². The number of nitrogens with zero attached hydrogens (tertiary/aromatic N) is 9. The average molecular weight is 1940 g/mol. The van der Waals surface area contributed by atoms with Crippen LogP contribution >= 0.6 is 0 Å². The molecule has 9 heterocycles. The van der Waals surface area contributed by atoms with E-state index in [9.17, 15) is 0 Å². The second-order valence-electron chi connectivity index (χ2n) is 24.0. The van der Waals surface area contributed by atoms with Crippen LogP contribution < -0.4 is 18.9 Å². The molecular formula is C96H75Ir3N9-. The number of anilines is 2. The third kappa shape index (κ3) is 21.8. The van der Waals surface area contributed by atoms with Crippen LogP contribution in [0.25, 0.3) is 89.9 Å². The van der Waals surface area contributed by atoms with E-state index in [0.717, 1.165) is 76.0 Å². The second-order valence-corrected chi connectivity index (χ2v) is 24.0.